The van der Waals surface area contributed by atoms with Gasteiger partial charge in [-0.1, -0.05) is 29.8 Å². The molecule has 0 aliphatic carbocycles. The highest BCUT2D eigenvalue weighted by molar-refractivity contribution is 7.99. The van der Waals surface area contributed by atoms with Crippen LogP contribution in [0.15, 0.2) is 47.5 Å². The van der Waals surface area contributed by atoms with Crippen LogP contribution in [0.3, 0.4) is 0 Å². The number of pyridine rings is 1. The van der Waals surface area contributed by atoms with Crippen LogP contribution in [0.4, 0.5) is 0 Å². The van der Waals surface area contributed by atoms with E-state index in [2.05, 4.69) is 4.98 Å². The second-order valence-electron chi connectivity index (χ2n) is 4.08. The summed E-state index contributed by atoms with van der Waals surface area (Å²) in [6, 6.07) is 11.8. The molecule has 1 atom stereocenters. The quantitative estimate of drug-likeness (QED) is 0.864. The number of nitrogens with zero attached hydrogens (tertiary/aromatic N) is 1. The van der Waals surface area contributed by atoms with Crippen molar-refractivity contribution in [1.82, 2.24) is 4.98 Å². The van der Waals surface area contributed by atoms with E-state index in [0.29, 0.717) is 0 Å². The third-order valence-electron chi connectivity index (χ3n) is 2.62. The number of hydrogen-bond donors (Lipinski definition) is 1. The van der Waals surface area contributed by atoms with Crippen LogP contribution in [0, 0.1) is 6.92 Å². The number of rotatable bonds is 4. The zero-order chi connectivity index (χ0) is 13.0. The Morgan fingerprint density at radius 1 is 1.28 bits per heavy atom. The molecule has 0 saturated heterocycles. The zero-order valence-corrected chi connectivity index (χ0v) is 11.7. The molecule has 0 bridgehead atoms. The van der Waals surface area contributed by atoms with Gasteiger partial charge in [-0.05, 0) is 30.7 Å². The molecule has 4 heteroatoms. The summed E-state index contributed by atoms with van der Waals surface area (Å²) in [7, 11) is 0. The molecule has 0 fully saturated rings. The van der Waals surface area contributed by atoms with Gasteiger partial charge in [0.15, 0.2) is 0 Å². The summed E-state index contributed by atoms with van der Waals surface area (Å²) in [6.07, 6.45) is 1.84. The number of aromatic nitrogens is 1. The second kappa shape index (κ2) is 6.23. The topological polar surface area (TPSA) is 38.9 Å². The van der Waals surface area contributed by atoms with E-state index in [1.165, 1.54) is 0 Å². The van der Waals surface area contributed by atoms with Gasteiger partial charge in [0.05, 0.1) is 5.02 Å². The SMILES string of the molecule is Cc1ccc(C(N)CSc2ccccc2Cl)cn1. The van der Waals surface area contributed by atoms with Crippen LogP contribution in [0.2, 0.25) is 5.02 Å². The van der Waals surface area contributed by atoms with E-state index in [-0.39, 0.29) is 6.04 Å². The molecule has 2 N–H and O–H groups in total. The molecule has 0 aliphatic rings. The molecular formula is C14H15ClN2S. The van der Waals surface area contributed by atoms with Crippen LogP contribution in [0.5, 0.6) is 0 Å². The van der Waals surface area contributed by atoms with Crippen molar-refractivity contribution in [2.45, 2.75) is 17.9 Å². The first kappa shape index (κ1) is 13.4. The van der Waals surface area contributed by atoms with Gasteiger partial charge >= 0.3 is 0 Å². The van der Waals surface area contributed by atoms with Gasteiger partial charge in [-0.2, -0.15) is 0 Å². The van der Waals surface area contributed by atoms with Crippen molar-refractivity contribution in [3.8, 4) is 0 Å². The number of nitrogens with two attached hydrogens (primary N) is 1. The van der Waals surface area contributed by atoms with Gasteiger partial charge in [0.2, 0.25) is 0 Å². The Kier molecular flexibility index (Phi) is 4.64. The average Bonchev–Trinajstić information content (AvgIpc) is 2.38. The zero-order valence-electron chi connectivity index (χ0n) is 10.1. The summed E-state index contributed by atoms with van der Waals surface area (Å²) >= 11 is 7.77. The molecule has 0 spiro atoms. The molecule has 2 aromatic rings. The van der Waals surface area contributed by atoms with E-state index in [1.54, 1.807) is 11.8 Å². The molecule has 94 valence electrons. The Morgan fingerprint density at radius 3 is 2.72 bits per heavy atom. The maximum Gasteiger partial charge on any atom is 0.0541 e. The molecule has 0 amide bonds. The molecule has 2 rings (SSSR count). The second-order valence-corrected chi connectivity index (χ2v) is 5.55. The Labute approximate surface area is 117 Å². The maximum atomic E-state index is 6.14. The number of halogens is 1. The number of benzene rings is 1. The molecule has 0 radical (unpaired) electrons. The van der Waals surface area contributed by atoms with Crippen LogP contribution in [-0.2, 0) is 0 Å². The van der Waals surface area contributed by atoms with E-state index >= 15 is 0 Å². The van der Waals surface area contributed by atoms with Gasteiger partial charge in [-0.25, -0.2) is 0 Å². The predicted octanol–water partition coefficient (Wildman–Crippen LogP) is 3.84. The minimum atomic E-state index is -0.0284. The lowest BCUT2D eigenvalue weighted by molar-refractivity contribution is 0.822. The lowest BCUT2D eigenvalue weighted by Gasteiger charge is -2.12. The van der Waals surface area contributed by atoms with Crippen molar-refractivity contribution in [3.63, 3.8) is 0 Å². The third kappa shape index (κ3) is 3.48. The standard InChI is InChI=1S/C14H15ClN2S/c1-10-6-7-11(8-17-10)13(16)9-18-14-5-3-2-4-12(14)15/h2-8,13H,9,16H2,1H3. The smallest absolute Gasteiger partial charge is 0.0541 e. The van der Waals surface area contributed by atoms with E-state index in [4.69, 9.17) is 17.3 Å². The fraction of sp³-hybridized carbons (Fsp3) is 0.214. The Hall–Kier alpha value is -1.03. The first-order valence-corrected chi connectivity index (χ1v) is 7.08. The third-order valence-corrected chi connectivity index (χ3v) is 4.25. The number of thioether (sulfide) groups is 1. The minimum Gasteiger partial charge on any atom is -0.323 e. The molecule has 1 unspecified atom stereocenters. The summed E-state index contributed by atoms with van der Waals surface area (Å²) in [5, 5.41) is 0.775. The Morgan fingerprint density at radius 2 is 2.06 bits per heavy atom. The van der Waals surface area contributed by atoms with Crippen LogP contribution in [0.1, 0.15) is 17.3 Å². The summed E-state index contributed by atoms with van der Waals surface area (Å²) < 4.78 is 0. The van der Waals surface area contributed by atoms with Crippen LogP contribution < -0.4 is 5.73 Å². The molecule has 1 aromatic carbocycles. The predicted molar refractivity (Wildman–Crippen MR) is 78.1 cm³/mol. The Balaban J connectivity index is 1.98. The van der Waals surface area contributed by atoms with Gasteiger partial charge in [0.1, 0.15) is 0 Å². The maximum absolute atomic E-state index is 6.14. The molecule has 0 aliphatic heterocycles. The molecule has 1 heterocycles. The normalized spacial score (nSPS) is 12.4. The highest BCUT2D eigenvalue weighted by Crippen LogP contribution is 2.29. The first-order chi connectivity index (χ1) is 8.66. The van der Waals surface area contributed by atoms with Crippen molar-refractivity contribution in [2.75, 3.05) is 5.75 Å². The molecular weight excluding hydrogens is 264 g/mol. The summed E-state index contributed by atoms with van der Waals surface area (Å²) in [5.41, 5.74) is 8.20. The lowest BCUT2D eigenvalue weighted by atomic mass is 10.1. The van der Waals surface area contributed by atoms with E-state index in [1.807, 2.05) is 49.5 Å². The van der Waals surface area contributed by atoms with Crippen molar-refractivity contribution in [1.29, 1.82) is 0 Å². The van der Waals surface area contributed by atoms with E-state index in [9.17, 15) is 0 Å². The Bertz CT molecular complexity index is 513. The van der Waals surface area contributed by atoms with Gasteiger partial charge < -0.3 is 5.73 Å². The monoisotopic (exact) mass is 278 g/mol. The lowest BCUT2D eigenvalue weighted by Crippen LogP contribution is -2.13. The summed E-state index contributed by atoms with van der Waals surface area (Å²) in [4.78, 5) is 5.32. The largest absolute Gasteiger partial charge is 0.323 e. The highest BCUT2D eigenvalue weighted by atomic mass is 35.5. The molecule has 18 heavy (non-hydrogen) atoms. The molecule has 1 aromatic heterocycles. The van der Waals surface area contributed by atoms with E-state index < -0.39 is 0 Å². The number of aryl methyl sites for hydroxylation is 1. The van der Waals surface area contributed by atoms with Gasteiger partial charge in [-0.3, -0.25) is 4.98 Å². The van der Waals surface area contributed by atoms with Crippen molar-refractivity contribution in [2.24, 2.45) is 5.73 Å². The fourth-order valence-corrected chi connectivity index (χ4v) is 2.77. The fourth-order valence-electron chi connectivity index (χ4n) is 1.54. The summed E-state index contributed by atoms with van der Waals surface area (Å²) in [6.45, 7) is 1.97. The molecule has 0 saturated carbocycles. The minimum absolute atomic E-state index is 0.0284. The first-order valence-electron chi connectivity index (χ1n) is 5.72. The van der Waals surface area contributed by atoms with Gasteiger partial charge in [-0.15, -0.1) is 11.8 Å². The van der Waals surface area contributed by atoms with Gasteiger partial charge in [0, 0.05) is 28.6 Å². The number of hydrogen-bond acceptors (Lipinski definition) is 3. The summed E-state index contributed by atoms with van der Waals surface area (Å²) in [5.74, 6) is 0.786. The van der Waals surface area contributed by atoms with Crippen molar-refractivity contribution < 1.29 is 0 Å². The highest BCUT2D eigenvalue weighted by Gasteiger charge is 2.08. The molecule has 2 nitrogen and oxygen atoms in total. The van der Waals surface area contributed by atoms with Crippen molar-refractivity contribution in [3.05, 3.63) is 58.9 Å². The van der Waals surface area contributed by atoms with Gasteiger partial charge in [0.25, 0.3) is 0 Å². The van der Waals surface area contributed by atoms with Crippen LogP contribution >= 0.6 is 23.4 Å². The van der Waals surface area contributed by atoms with Crippen LogP contribution in [-0.4, -0.2) is 10.7 Å². The van der Waals surface area contributed by atoms with Crippen molar-refractivity contribution >= 4 is 23.4 Å². The van der Waals surface area contributed by atoms with E-state index in [0.717, 1.165) is 26.9 Å². The average molecular weight is 279 g/mol. The van der Waals surface area contributed by atoms with Crippen LogP contribution in [0.25, 0.3) is 0 Å².